The Balaban J connectivity index is 2.28. The quantitative estimate of drug-likeness (QED) is 0.778. The Labute approximate surface area is 93.2 Å². The third kappa shape index (κ3) is 1.73. The van der Waals surface area contributed by atoms with Crippen molar-refractivity contribution in [3.63, 3.8) is 0 Å². The fraction of sp³-hybridized carbons (Fsp3) is 0.545. The molecule has 0 aliphatic carbocycles. The zero-order chi connectivity index (χ0) is 11.1. The van der Waals surface area contributed by atoms with Crippen molar-refractivity contribution in [1.29, 1.82) is 0 Å². The van der Waals surface area contributed by atoms with Crippen LogP contribution in [0.3, 0.4) is 0 Å². The maximum Gasteiger partial charge on any atom is 0.182 e. The molecule has 0 aromatic carbocycles. The standard InChI is InChI=1S/C11H15NO2S/c1-7-3-4-8(15-7)10(13)11(2)6-14-5-9(11)12/h3-4,9H,5-6,12H2,1-2H3. The number of carbonyl (C=O) groups excluding carboxylic acids is 1. The van der Waals surface area contributed by atoms with Crippen molar-refractivity contribution in [2.24, 2.45) is 11.1 Å². The first kappa shape index (κ1) is 10.8. The van der Waals surface area contributed by atoms with Gasteiger partial charge in [-0.25, -0.2) is 0 Å². The summed E-state index contributed by atoms with van der Waals surface area (Å²) < 4.78 is 5.28. The SMILES string of the molecule is Cc1ccc(C(=O)C2(C)COCC2N)s1. The van der Waals surface area contributed by atoms with Crippen LogP contribution in [0.2, 0.25) is 0 Å². The number of hydrogen-bond acceptors (Lipinski definition) is 4. The number of rotatable bonds is 2. The summed E-state index contributed by atoms with van der Waals surface area (Å²) in [5.74, 6) is 0.116. The van der Waals surface area contributed by atoms with Gasteiger partial charge in [-0.3, -0.25) is 4.79 Å². The first-order valence-corrected chi connectivity index (χ1v) is 5.80. The maximum atomic E-state index is 12.2. The summed E-state index contributed by atoms with van der Waals surface area (Å²) in [6.07, 6.45) is 0. The zero-order valence-corrected chi connectivity index (χ0v) is 9.76. The molecule has 1 aromatic heterocycles. The normalized spacial score (nSPS) is 30.7. The summed E-state index contributed by atoms with van der Waals surface area (Å²) in [5, 5.41) is 0. The van der Waals surface area contributed by atoms with Gasteiger partial charge in [0.1, 0.15) is 0 Å². The Morgan fingerprint density at radius 3 is 2.87 bits per heavy atom. The molecule has 2 atom stereocenters. The van der Waals surface area contributed by atoms with Crippen LogP contribution in [-0.2, 0) is 4.74 Å². The molecule has 2 rings (SSSR count). The van der Waals surface area contributed by atoms with Gasteiger partial charge in [0.15, 0.2) is 5.78 Å². The highest BCUT2D eigenvalue weighted by Crippen LogP contribution is 2.33. The number of nitrogens with two attached hydrogens (primary N) is 1. The molecule has 1 aliphatic rings. The average molecular weight is 225 g/mol. The molecule has 2 N–H and O–H groups in total. The fourth-order valence-corrected chi connectivity index (χ4v) is 2.71. The lowest BCUT2D eigenvalue weighted by molar-refractivity contribution is 0.0772. The lowest BCUT2D eigenvalue weighted by atomic mass is 9.81. The Kier molecular flexibility index (Phi) is 2.66. The second kappa shape index (κ2) is 3.70. The molecule has 0 bridgehead atoms. The molecule has 15 heavy (non-hydrogen) atoms. The van der Waals surface area contributed by atoms with Crippen molar-refractivity contribution in [3.8, 4) is 0 Å². The molecular formula is C11H15NO2S. The molecule has 0 radical (unpaired) electrons. The molecule has 2 unspecified atom stereocenters. The predicted octanol–water partition coefficient (Wildman–Crippen LogP) is 1.60. The summed E-state index contributed by atoms with van der Waals surface area (Å²) >= 11 is 1.52. The first-order chi connectivity index (χ1) is 7.04. The van der Waals surface area contributed by atoms with Gasteiger partial charge < -0.3 is 10.5 Å². The topological polar surface area (TPSA) is 52.3 Å². The molecule has 0 amide bonds. The molecule has 82 valence electrons. The van der Waals surface area contributed by atoms with E-state index in [0.29, 0.717) is 13.2 Å². The van der Waals surface area contributed by atoms with Gasteiger partial charge in [0.2, 0.25) is 0 Å². The van der Waals surface area contributed by atoms with E-state index in [2.05, 4.69) is 0 Å². The van der Waals surface area contributed by atoms with E-state index in [-0.39, 0.29) is 11.8 Å². The molecule has 4 heteroatoms. The van der Waals surface area contributed by atoms with Crippen molar-refractivity contribution < 1.29 is 9.53 Å². The zero-order valence-electron chi connectivity index (χ0n) is 8.95. The minimum atomic E-state index is -0.544. The molecule has 1 saturated heterocycles. The lowest BCUT2D eigenvalue weighted by Gasteiger charge is -2.24. The highest BCUT2D eigenvalue weighted by atomic mass is 32.1. The van der Waals surface area contributed by atoms with Gasteiger partial charge in [-0.05, 0) is 26.0 Å². The van der Waals surface area contributed by atoms with Gasteiger partial charge >= 0.3 is 0 Å². The number of ketones is 1. The van der Waals surface area contributed by atoms with Gasteiger partial charge in [0.05, 0.1) is 23.5 Å². The van der Waals surface area contributed by atoms with Crippen molar-refractivity contribution in [2.45, 2.75) is 19.9 Å². The fourth-order valence-electron chi connectivity index (χ4n) is 1.76. The van der Waals surface area contributed by atoms with Crippen LogP contribution >= 0.6 is 11.3 Å². The highest BCUT2D eigenvalue weighted by Gasteiger charge is 2.44. The molecule has 1 fully saturated rings. The molecule has 1 aliphatic heterocycles. The van der Waals surface area contributed by atoms with E-state index in [1.54, 1.807) is 0 Å². The first-order valence-electron chi connectivity index (χ1n) is 4.98. The highest BCUT2D eigenvalue weighted by molar-refractivity contribution is 7.14. The van der Waals surface area contributed by atoms with Crippen LogP contribution in [0.1, 0.15) is 21.5 Å². The van der Waals surface area contributed by atoms with Crippen LogP contribution in [0.25, 0.3) is 0 Å². The Morgan fingerprint density at radius 2 is 2.40 bits per heavy atom. The molecule has 3 nitrogen and oxygen atoms in total. The smallest absolute Gasteiger partial charge is 0.182 e. The van der Waals surface area contributed by atoms with Crippen molar-refractivity contribution in [1.82, 2.24) is 0 Å². The van der Waals surface area contributed by atoms with E-state index in [1.165, 1.54) is 11.3 Å². The van der Waals surface area contributed by atoms with E-state index >= 15 is 0 Å². The van der Waals surface area contributed by atoms with Crippen LogP contribution in [0.5, 0.6) is 0 Å². The van der Waals surface area contributed by atoms with Crippen LogP contribution in [0.4, 0.5) is 0 Å². The Bertz CT molecular complexity index is 388. The molecule has 0 saturated carbocycles. The average Bonchev–Trinajstić information content (AvgIpc) is 2.75. The monoisotopic (exact) mass is 225 g/mol. The number of aryl methyl sites for hydroxylation is 1. The molecule has 2 heterocycles. The maximum absolute atomic E-state index is 12.2. The van der Waals surface area contributed by atoms with Crippen LogP contribution in [0.15, 0.2) is 12.1 Å². The number of thiophene rings is 1. The second-order valence-electron chi connectivity index (χ2n) is 4.28. The number of ether oxygens (including phenoxy) is 1. The molecular weight excluding hydrogens is 210 g/mol. The van der Waals surface area contributed by atoms with Crippen molar-refractivity contribution in [2.75, 3.05) is 13.2 Å². The minimum Gasteiger partial charge on any atom is -0.379 e. The van der Waals surface area contributed by atoms with Crippen LogP contribution in [0, 0.1) is 12.3 Å². The third-order valence-corrected chi connectivity index (χ3v) is 4.00. The summed E-state index contributed by atoms with van der Waals surface area (Å²) in [7, 11) is 0. The summed E-state index contributed by atoms with van der Waals surface area (Å²) in [4.78, 5) is 14.2. The van der Waals surface area contributed by atoms with Gasteiger partial charge in [0.25, 0.3) is 0 Å². The minimum absolute atomic E-state index is 0.116. The summed E-state index contributed by atoms with van der Waals surface area (Å²) in [6, 6.07) is 3.65. The van der Waals surface area contributed by atoms with E-state index < -0.39 is 5.41 Å². The predicted molar refractivity (Wildman–Crippen MR) is 60.3 cm³/mol. The molecule has 1 aromatic rings. The van der Waals surface area contributed by atoms with Crippen molar-refractivity contribution in [3.05, 3.63) is 21.9 Å². The van der Waals surface area contributed by atoms with Gasteiger partial charge in [-0.2, -0.15) is 0 Å². The van der Waals surface area contributed by atoms with E-state index in [4.69, 9.17) is 10.5 Å². The largest absolute Gasteiger partial charge is 0.379 e. The summed E-state index contributed by atoms with van der Waals surface area (Å²) in [6.45, 7) is 4.80. The van der Waals surface area contributed by atoms with Crippen LogP contribution < -0.4 is 5.73 Å². The van der Waals surface area contributed by atoms with E-state index in [9.17, 15) is 4.79 Å². The third-order valence-electron chi connectivity index (χ3n) is 3.00. The number of carbonyl (C=O) groups is 1. The summed E-state index contributed by atoms with van der Waals surface area (Å²) in [5.41, 5.74) is 5.37. The Morgan fingerprint density at radius 1 is 1.67 bits per heavy atom. The number of hydrogen-bond donors (Lipinski definition) is 1. The Hall–Kier alpha value is -0.710. The van der Waals surface area contributed by atoms with E-state index in [0.717, 1.165) is 9.75 Å². The van der Waals surface area contributed by atoms with Gasteiger partial charge in [0, 0.05) is 10.9 Å². The number of Topliss-reactive ketones (excluding diaryl/α,β-unsaturated/α-hetero) is 1. The van der Waals surface area contributed by atoms with E-state index in [1.807, 2.05) is 26.0 Å². The van der Waals surface area contributed by atoms with Gasteiger partial charge in [-0.15, -0.1) is 11.3 Å². The molecule has 0 spiro atoms. The van der Waals surface area contributed by atoms with Crippen LogP contribution in [-0.4, -0.2) is 25.0 Å². The van der Waals surface area contributed by atoms with Crippen molar-refractivity contribution >= 4 is 17.1 Å². The van der Waals surface area contributed by atoms with Gasteiger partial charge in [-0.1, -0.05) is 0 Å². The second-order valence-corrected chi connectivity index (χ2v) is 5.57. The lowest BCUT2D eigenvalue weighted by Crippen LogP contribution is -2.44.